The zero-order valence-corrected chi connectivity index (χ0v) is 12.4. The molecule has 0 radical (unpaired) electrons. The van der Waals surface area contributed by atoms with E-state index in [0.29, 0.717) is 11.8 Å². The molecule has 0 saturated carbocycles. The lowest BCUT2D eigenvalue weighted by Gasteiger charge is -2.17. The Morgan fingerprint density at radius 1 is 1.05 bits per heavy atom. The van der Waals surface area contributed by atoms with Gasteiger partial charge in [0.15, 0.2) is 0 Å². The van der Waals surface area contributed by atoms with E-state index in [4.69, 9.17) is 16.3 Å². The summed E-state index contributed by atoms with van der Waals surface area (Å²) < 4.78 is 6.00. The van der Waals surface area contributed by atoms with Crippen LogP contribution >= 0.6 is 11.6 Å². The van der Waals surface area contributed by atoms with Gasteiger partial charge in [0.1, 0.15) is 5.75 Å². The molecule has 2 rings (SSSR count). The summed E-state index contributed by atoms with van der Waals surface area (Å²) in [5.74, 6) is 2.04. The molecule has 2 aromatic carbocycles. The van der Waals surface area contributed by atoms with E-state index in [0.717, 1.165) is 30.8 Å². The second-order valence-corrected chi connectivity index (χ2v) is 5.16. The SMILES string of the molecule is CCC(CC)COc1ccc2ccccc2c1CCl. The smallest absolute Gasteiger partial charge is 0.124 e. The van der Waals surface area contributed by atoms with Crippen LogP contribution in [0.4, 0.5) is 0 Å². The minimum Gasteiger partial charge on any atom is -0.493 e. The molecule has 1 nitrogen and oxygen atoms in total. The fourth-order valence-electron chi connectivity index (χ4n) is 2.32. The van der Waals surface area contributed by atoms with Crippen molar-refractivity contribution in [1.29, 1.82) is 0 Å². The van der Waals surface area contributed by atoms with E-state index in [-0.39, 0.29) is 0 Å². The Bertz CT molecular complexity index is 532. The number of rotatable bonds is 6. The van der Waals surface area contributed by atoms with Crippen molar-refractivity contribution in [2.24, 2.45) is 5.92 Å². The zero-order valence-electron chi connectivity index (χ0n) is 11.7. The van der Waals surface area contributed by atoms with E-state index in [1.165, 1.54) is 10.8 Å². The molecule has 2 heteroatoms. The minimum absolute atomic E-state index is 0.486. The Morgan fingerprint density at radius 2 is 1.79 bits per heavy atom. The lowest BCUT2D eigenvalue weighted by molar-refractivity contribution is 0.239. The van der Waals surface area contributed by atoms with Gasteiger partial charge in [0.05, 0.1) is 12.5 Å². The van der Waals surface area contributed by atoms with Gasteiger partial charge in [-0.15, -0.1) is 11.6 Å². The van der Waals surface area contributed by atoms with Crippen molar-refractivity contribution < 1.29 is 4.74 Å². The number of ether oxygens (including phenoxy) is 1. The molecule has 0 aliphatic rings. The van der Waals surface area contributed by atoms with E-state index in [1.54, 1.807) is 0 Å². The van der Waals surface area contributed by atoms with E-state index < -0.39 is 0 Å². The summed E-state index contributed by atoms with van der Waals surface area (Å²) in [6.07, 6.45) is 2.31. The van der Waals surface area contributed by atoms with Gasteiger partial charge in [-0.1, -0.05) is 57.0 Å². The molecule has 19 heavy (non-hydrogen) atoms. The van der Waals surface area contributed by atoms with Gasteiger partial charge in [0.2, 0.25) is 0 Å². The maximum atomic E-state index is 6.11. The normalized spacial score (nSPS) is 11.2. The van der Waals surface area contributed by atoms with E-state index in [2.05, 4.69) is 32.0 Å². The first kappa shape index (κ1) is 14.2. The number of benzene rings is 2. The van der Waals surface area contributed by atoms with Crippen LogP contribution < -0.4 is 4.74 Å². The molecule has 0 amide bonds. The van der Waals surface area contributed by atoms with Crippen LogP contribution in [0.25, 0.3) is 10.8 Å². The fourth-order valence-corrected chi connectivity index (χ4v) is 2.60. The highest BCUT2D eigenvalue weighted by atomic mass is 35.5. The molecule has 2 aromatic rings. The van der Waals surface area contributed by atoms with Gasteiger partial charge < -0.3 is 4.74 Å². The van der Waals surface area contributed by atoms with Crippen LogP contribution in [0.15, 0.2) is 36.4 Å². The summed E-state index contributed by atoms with van der Waals surface area (Å²) in [5, 5.41) is 2.41. The summed E-state index contributed by atoms with van der Waals surface area (Å²) in [7, 11) is 0. The molecule has 0 spiro atoms. The van der Waals surface area contributed by atoms with E-state index in [1.807, 2.05) is 18.2 Å². The highest BCUT2D eigenvalue weighted by Gasteiger charge is 2.10. The van der Waals surface area contributed by atoms with Crippen LogP contribution in [0.5, 0.6) is 5.75 Å². The second kappa shape index (κ2) is 6.81. The van der Waals surface area contributed by atoms with Crippen LogP contribution in [0.3, 0.4) is 0 Å². The zero-order chi connectivity index (χ0) is 13.7. The third kappa shape index (κ3) is 3.22. The van der Waals surface area contributed by atoms with Crippen molar-refractivity contribution in [1.82, 2.24) is 0 Å². The van der Waals surface area contributed by atoms with Crippen molar-refractivity contribution in [3.05, 3.63) is 42.0 Å². The van der Waals surface area contributed by atoms with Gasteiger partial charge in [-0.2, -0.15) is 0 Å². The summed E-state index contributed by atoms with van der Waals surface area (Å²) in [6.45, 7) is 5.19. The third-order valence-corrected chi connectivity index (χ3v) is 4.03. The van der Waals surface area contributed by atoms with Crippen molar-refractivity contribution in [2.75, 3.05) is 6.61 Å². The maximum absolute atomic E-state index is 6.11. The van der Waals surface area contributed by atoms with Crippen molar-refractivity contribution in [2.45, 2.75) is 32.6 Å². The average Bonchev–Trinajstić information content (AvgIpc) is 2.47. The first-order chi connectivity index (χ1) is 9.30. The molecule has 0 N–H and O–H groups in total. The molecule has 0 aliphatic carbocycles. The first-order valence-electron chi connectivity index (χ1n) is 6.99. The molecule has 0 atom stereocenters. The van der Waals surface area contributed by atoms with Crippen molar-refractivity contribution >= 4 is 22.4 Å². The Hall–Kier alpha value is -1.21. The van der Waals surface area contributed by atoms with Gasteiger partial charge in [-0.25, -0.2) is 0 Å². The molecule has 0 aliphatic heterocycles. The molecular weight excluding hydrogens is 256 g/mol. The van der Waals surface area contributed by atoms with Gasteiger partial charge in [0.25, 0.3) is 0 Å². The molecule has 0 fully saturated rings. The fraction of sp³-hybridized carbons (Fsp3) is 0.412. The number of alkyl halides is 1. The number of hydrogen-bond donors (Lipinski definition) is 0. The van der Waals surface area contributed by atoms with Gasteiger partial charge >= 0.3 is 0 Å². The number of halogens is 1. The topological polar surface area (TPSA) is 9.23 Å². The molecule has 0 aromatic heterocycles. The standard InChI is InChI=1S/C17H21ClO/c1-3-13(4-2)12-19-17-10-9-14-7-5-6-8-15(14)16(17)11-18/h5-10,13H,3-4,11-12H2,1-2H3. The van der Waals surface area contributed by atoms with Crippen LogP contribution in [0, 0.1) is 5.92 Å². The maximum Gasteiger partial charge on any atom is 0.124 e. The van der Waals surface area contributed by atoms with Gasteiger partial charge in [-0.05, 0) is 22.8 Å². The van der Waals surface area contributed by atoms with Crippen LogP contribution in [0.1, 0.15) is 32.3 Å². The average molecular weight is 277 g/mol. The number of hydrogen-bond acceptors (Lipinski definition) is 1. The summed E-state index contributed by atoms with van der Waals surface area (Å²) in [4.78, 5) is 0. The molecule has 0 bridgehead atoms. The predicted octanol–water partition coefficient (Wildman–Crippen LogP) is 5.39. The lowest BCUT2D eigenvalue weighted by atomic mass is 10.0. The lowest BCUT2D eigenvalue weighted by Crippen LogP contribution is -2.11. The third-order valence-electron chi connectivity index (χ3n) is 3.76. The molecule has 0 unspecified atom stereocenters. The summed E-state index contributed by atoms with van der Waals surface area (Å²) in [5.41, 5.74) is 1.10. The molecule has 102 valence electrons. The number of fused-ring (bicyclic) bond motifs is 1. The Kier molecular flexibility index (Phi) is 5.09. The monoisotopic (exact) mass is 276 g/mol. The molecular formula is C17H21ClO. The van der Waals surface area contributed by atoms with Crippen molar-refractivity contribution in [3.63, 3.8) is 0 Å². The largest absolute Gasteiger partial charge is 0.493 e. The Balaban J connectivity index is 2.27. The Morgan fingerprint density at radius 3 is 2.47 bits per heavy atom. The minimum atomic E-state index is 0.486. The van der Waals surface area contributed by atoms with Crippen molar-refractivity contribution in [3.8, 4) is 5.75 Å². The van der Waals surface area contributed by atoms with E-state index >= 15 is 0 Å². The van der Waals surface area contributed by atoms with Crippen LogP contribution in [-0.2, 0) is 5.88 Å². The summed E-state index contributed by atoms with van der Waals surface area (Å²) >= 11 is 6.11. The first-order valence-corrected chi connectivity index (χ1v) is 7.53. The molecule has 0 saturated heterocycles. The van der Waals surface area contributed by atoms with Crippen LogP contribution in [0.2, 0.25) is 0 Å². The Labute approximate surface area is 120 Å². The quantitative estimate of drug-likeness (QED) is 0.643. The van der Waals surface area contributed by atoms with E-state index in [9.17, 15) is 0 Å². The summed E-state index contributed by atoms with van der Waals surface area (Å²) in [6, 6.07) is 12.5. The predicted molar refractivity (Wildman–Crippen MR) is 83.1 cm³/mol. The molecule has 0 heterocycles. The van der Waals surface area contributed by atoms with Crippen LogP contribution in [-0.4, -0.2) is 6.61 Å². The highest BCUT2D eigenvalue weighted by Crippen LogP contribution is 2.30. The second-order valence-electron chi connectivity index (χ2n) is 4.89. The van der Waals surface area contributed by atoms with Gasteiger partial charge in [0, 0.05) is 5.56 Å². The van der Waals surface area contributed by atoms with Gasteiger partial charge in [-0.3, -0.25) is 0 Å². The highest BCUT2D eigenvalue weighted by molar-refractivity contribution is 6.18.